The second kappa shape index (κ2) is 4.56. The van der Waals surface area contributed by atoms with E-state index < -0.39 is 28.1 Å². The smallest absolute Gasteiger partial charge is 0.337 e. The fourth-order valence-electron chi connectivity index (χ4n) is 1.60. The number of anilines is 1. The molecule has 0 unspecified atom stereocenters. The molecule has 8 heteroatoms. The predicted octanol–water partition coefficient (Wildman–Crippen LogP) is 2.22. The van der Waals surface area contributed by atoms with Crippen LogP contribution in [0.1, 0.15) is 5.56 Å². The molecule has 0 fully saturated rings. The first-order valence-corrected chi connectivity index (χ1v) is 5.13. The summed E-state index contributed by atoms with van der Waals surface area (Å²) >= 11 is 0. The number of halogens is 2. The molecule has 0 spiro atoms. The van der Waals surface area contributed by atoms with Crippen molar-refractivity contribution in [3.8, 4) is 11.3 Å². The van der Waals surface area contributed by atoms with Crippen molar-refractivity contribution in [1.29, 1.82) is 0 Å². The topological polar surface area (TPSA) is 94.9 Å². The summed E-state index contributed by atoms with van der Waals surface area (Å²) in [5.41, 5.74) is 4.13. The number of nitrogen functional groups attached to an aromatic ring is 1. The van der Waals surface area contributed by atoms with Crippen LogP contribution in [0.15, 0.2) is 18.5 Å². The lowest BCUT2D eigenvalue weighted by molar-refractivity contribution is -0.383. The van der Waals surface area contributed by atoms with Gasteiger partial charge >= 0.3 is 5.69 Å². The number of aryl methyl sites for hydroxylation is 1. The molecule has 0 atom stereocenters. The van der Waals surface area contributed by atoms with E-state index in [0.717, 1.165) is 6.33 Å². The summed E-state index contributed by atoms with van der Waals surface area (Å²) in [6.07, 6.45) is 0.953. The summed E-state index contributed by atoms with van der Waals surface area (Å²) in [7, 11) is 0. The molecule has 98 valence electrons. The molecule has 0 aliphatic carbocycles. The summed E-state index contributed by atoms with van der Waals surface area (Å²) < 4.78 is 27.3. The number of rotatable bonds is 2. The number of nitrogens with zero attached hydrogens (tertiary/aromatic N) is 3. The summed E-state index contributed by atoms with van der Waals surface area (Å²) in [4.78, 5) is 17.2. The van der Waals surface area contributed by atoms with Crippen LogP contribution < -0.4 is 5.73 Å². The maximum absolute atomic E-state index is 13.8. The van der Waals surface area contributed by atoms with Gasteiger partial charge in [-0.15, -0.1) is 0 Å². The Hall–Kier alpha value is -2.64. The third-order valence-electron chi connectivity index (χ3n) is 2.56. The average Bonchev–Trinajstić information content (AvgIpc) is 2.35. The lowest BCUT2D eigenvalue weighted by Gasteiger charge is -2.06. The Bertz CT molecular complexity index is 676. The lowest BCUT2D eigenvalue weighted by Crippen LogP contribution is -2.04. The van der Waals surface area contributed by atoms with Gasteiger partial charge in [-0.05, 0) is 18.6 Å². The quantitative estimate of drug-likeness (QED) is 0.664. The number of hydrogen-bond donors (Lipinski definition) is 1. The molecule has 2 N–H and O–H groups in total. The maximum Gasteiger partial charge on any atom is 0.337 e. The van der Waals surface area contributed by atoms with Crippen molar-refractivity contribution < 1.29 is 13.7 Å². The fraction of sp³-hybridized carbons (Fsp3) is 0.0909. The van der Waals surface area contributed by atoms with Gasteiger partial charge in [-0.25, -0.2) is 18.7 Å². The van der Waals surface area contributed by atoms with Gasteiger partial charge in [-0.1, -0.05) is 6.07 Å². The zero-order valence-corrected chi connectivity index (χ0v) is 9.72. The second-order valence-corrected chi connectivity index (χ2v) is 3.77. The minimum absolute atomic E-state index is 0.0888. The van der Waals surface area contributed by atoms with Crippen molar-refractivity contribution >= 4 is 11.5 Å². The van der Waals surface area contributed by atoms with Gasteiger partial charge in [0, 0.05) is 5.56 Å². The van der Waals surface area contributed by atoms with Gasteiger partial charge in [0.05, 0.1) is 4.92 Å². The van der Waals surface area contributed by atoms with Gasteiger partial charge in [0.1, 0.15) is 6.33 Å². The van der Waals surface area contributed by atoms with E-state index in [0.29, 0.717) is 0 Å². The van der Waals surface area contributed by atoms with Crippen molar-refractivity contribution in [2.45, 2.75) is 6.92 Å². The van der Waals surface area contributed by atoms with E-state index in [1.54, 1.807) is 0 Å². The highest BCUT2D eigenvalue weighted by molar-refractivity contribution is 5.76. The van der Waals surface area contributed by atoms with Crippen molar-refractivity contribution in [1.82, 2.24) is 9.97 Å². The Morgan fingerprint density at radius 1 is 1.26 bits per heavy atom. The summed E-state index contributed by atoms with van der Waals surface area (Å²) in [5, 5.41) is 10.9. The molecule has 0 radical (unpaired) electrons. The largest absolute Gasteiger partial charge is 0.378 e. The van der Waals surface area contributed by atoms with Gasteiger partial charge in [0.25, 0.3) is 0 Å². The molecular weight excluding hydrogens is 258 g/mol. The van der Waals surface area contributed by atoms with Gasteiger partial charge in [0.2, 0.25) is 5.82 Å². The first kappa shape index (κ1) is 12.8. The van der Waals surface area contributed by atoms with E-state index in [-0.39, 0.29) is 16.8 Å². The standard InChI is InChI=1S/C11H8F2N4O2/c1-5-2-3-6(8(13)7(5)12)9-10(17(18)19)11(14)16-4-15-9/h2-4H,1H3,(H2,14,15,16). The lowest BCUT2D eigenvalue weighted by atomic mass is 10.1. The highest BCUT2D eigenvalue weighted by atomic mass is 19.2. The molecule has 0 saturated carbocycles. The van der Waals surface area contributed by atoms with E-state index in [4.69, 9.17) is 5.73 Å². The molecule has 1 aromatic heterocycles. The van der Waals surface area contributed by atoms with E-state index in [2.05, 4.69) is 9.97 Å². The molecule has 2 rings (SSSR count). The third-order valence-corrected chi connectivity index (χ3v) is 2.56. The summed E-state index contributed by atoms with van der Waals surface area (Å²) in [6, 6.07) is 2.51. The molecule has 1 aromatic carbocycles. The molecule has 0 aliphatic heterocycles. The van der Waals surface area contributed by atoms with Crippen molar-refractivity contribution in [3.05, 3.63) is 45.8 Å². The Morgan fingerprint density at radius 3 is 2.58 bits per heavy atom. The molecule has 0 saturated heterocycles. The van der Waals surface area contributed by atoms with Crippen LogP contribution in [0.4, 0.5) is 20.3 Å². The van der Waals surface area contributed by atoms with Crippen LogP contribution >= 0.6 is 0 Å². The molecule has 19 heavy (non-hydrogen) atoms. The van der Waals surface area contributed by atoms with Gasteiger partial charge in [-0.3, -0.25) is 10.1 Å². The Morgan fingerprint density at radius 2 is 1.95 bits per heavy atom. The fourth-order valence-corrected chi connectivity index (χ4v) is 1.60. The molecule has 1 heterocycles. The van der Waals surface area contributed by atoms with Crippen LogP contribution in [-0.2, 0) is 0 Å². The minimum atomic E-state index is -1.21. The van der Waals surface area contributed by atoms with Crippen LogP contribution in [0.2, 0.25) is 0 Å². The van der Waals surface area contributed by atoms with E-state index in [1.807, 2.05) is 0 Å². The van der Waals surface area contributed by atoms with Crippen LogP contribution in [0.25, 0.3) is 11.3 Å². The summed E-state index contributed by atoms with van der Waals surface area (Å²) in [5.74, 6) is -2.69. The Balaban J connectivity index is 2.77. The molecule has 0 bridgehead atoms. The Kier molecular flexibility index (Phi) is 3.07. The van der Waals surface area contributed by atoms with Crippen molar-refractivity contribution in [3.63, 3.8) is 0 Å². The predicted molar refractivity (Wildman–Crippen MR) is 63.2 cm³/mol. The molecule has 0 amide bonds. The van der Waals surface area contributed by atoms with E-state index in [1.165, 1.54) is 19.1 Å². The Labute approximate surface area is 106 Å². The van der Waals surface area contributed by atoms with E-state index in [9.17, 15) is 18.9 Å². The first-order valence-electron chi connectivity index (χ1n) is 5.13. The second-order valence-electron chi connectivity index (χ2n) is 3.77. The average molecular weight is 266 g/mol. The zero-order valence-electron chi connectivity index (χ0n) is 9.72. The number of aromatic nitrogens is 2. The summed E-state index contributed by atoms with van der Waals surface area (Å²) in [6.45, 7) is 1.38. The number of hydrogen-bond acceptors (Lipinski definition) is 5. The van der Waals surface area contributed by atoms with Crippen molar-refractivity contribution in [2.75, 3.05) is 5.73 Å². The van der Waals surface area contributed by atoms with Crippen LogP contribution in [0.5, 0.6) is 0 Å². The van der Waals surface area contributed by atoms with Gasteiger partial charge in [-0.2, -0.15) is 0 Å². The van der Waals surface area contributed by atoms with Crippen molar-refractivity contribution in [2.24, 2.45) is 0 Å². The highest BCUT2D eigenvalue weighted by Crippen LogP contribution is 2.33. The molecule has 6 nitrogen and oxygen atoms in total. The maximum atomic E-state index is 13.8. The third kappa shape index (κ3) is 2.07. The number of nitro groups is 1. The molecular formula is C11H8F2N4O2. The monoisotopic (exact) mass is 266 g/mol. The number of nitrogens with two attached hydrogens (primary N) is 1. The van der Waals surface area contributed by atoms with Crippen LogP contribution in [0, 0.1) is 28.7 Å². The zero-order chi connectivity index (χ0) is 14.2. The molecule has 0 aliphatic rings. The van der Waals surface area contributed by atoms with E-state index >= 15 is 0 Å². The normalized spacial score (nSPS) is 10.5. The van der Waals surface area contributed by atoms with Gasteiger partial charge in [0.15, 0.2) is 17.3 Å². The number of benzene rings is 1. The minimum Gasteiger partial charge on any atom is -0.378 e. The highest BCUT2D eigenvalue weighted by Gasteiger charge is 2.25. The van der Waals surface area contributed by atoms with Crippen LogP contribution in [-0.4, -0.2) is 14.9 Å². The SMILES string of the molecule is Cc1ccc(-c2ncnc(N)c2[N+](=O)[O-])c(F)c1F. The van der Waals surface area contributed by atoms with Crippen LogP contribution in [0.3, 0.4) is 0 Å². The van der Waals surface area contributed by atoms with Gasteiger partial charge < -0.3 is 5.73 Å². The molecule has 2 aromatic rings. The first-order chi connectivity index (χ1) is 8.93.